The lowest BCUT2D eigenvalue weighted by molar-refractivity contribution is 0.589. The highest BCUT2D eigenvalue weighted by atomic mass is 15.0. The van der Waals surface area contributed by atoms with Gasteiger partial charge in [0.1, 0.15) is 0 Å². The molecule has 0 amide bonds. The first kappa shape index (κ1) is 42.6. The molecule has 2 aliphatic heterocycles. The lowest BCUT2D eigenvalue weighted by Gasteiger charge is -2.42. The molecule has 7 aromatic carbocycles. The van der Waals surface area contributed by atoms with Crippen molar-refractivity contribution in [2.24, 2.45) is 0 Å². The van der Waals surface area contributed by atoms with Crippen molar-refractivity contribution in [3.63, 3.8) is 0 Å². The Morgan fingerprint density at radius 2 is 1.03 bits per heavy atom. The second kappa shape index (κ2) is 13.0. The molecule has 0 bridgehead atoms. The van der Waals surface area contributed by atoms with Crippen LogP contribution in [0.15, 0.2) is 115 Å². The third kappa shape index (κ3) is 5.64. The fourth-order valence-electron chi connectivity index (χ4n) is 13.0. The summed E-state index contributed by atoms with van der Waals surface area (Å²) >= 11 is 0. The number of rotatable bonds is 1. The van der Waals surface area contributed by atoms with Crippen LogP contribution in [-0.2, 0) is 32.5 Å². The topological polar surface area (TPSA) is 9.86 Å². The van der Waals surface area contributed by atoms with Crippen molar-refractivity contribution >= 4 is 66.7 Å². The summed E-state index contributed by atoms with van der Waals surface area (Å²) in [6, 6.07) is 46.5. The Labute approximate surface area is 399 Å². The van der Waals surface area contributed by atoms with E-state index < -0.39 is 0 Å². The Morgan fingerprint density at radius 3 is 1.70 bits per heavy atom. The van der Waals surface area contributed by atoms with Gasteiger partial charge in [0.05, 0.1) is 16.6 Å². The third-order valence-electron chi connectivity index (χ3n) is 16.8. The number of hydrogen-bond acceptors (Lipinski definition) is 0. The number of fused-ring (bicyclic) bond motifs is 15. The van der Waals surface area contributed by atoms with Crippen molar-refractivity contribution in [3.05, 3.63) is 160 Å². The zero-order valence-electron chi connectivity index (χ0n) is 42.9. The zero-order valence-corrected chi connectivity index (χ0v) is 42.9. The molecule has 0 spiro atoms. The molecule has 336 valence electrons. The highest BCUT2D eigenvalue weighted by Crippen LogP contribution is 2.55. The van der Waals surface area contributed by atoms with Gasteiger partial charge >= 0.3 is 0 Å². The van der Waals surface area contributed by atoms with Gasteiger partial charge in [-0.1, -0.05) is 189 Å². The van der Waals surface area contributed by atoms with Gasteiger partial charge in [-0.3, -0.25) is 0 Å². The van der Waals surface area contributed by atoms with Crippen LogP contribution in [0.4, 0.5) is 0 Å². The zero-order chi connectivity index (χ0) is 47.4. The van der Waals surface area contributed by atoms with E-state index in [9.17, 15) is 0 Å². The van der Waals surface area contributed by atoms with Gasteiger partial charge in [0, 0.05) is 54.8 Å². The molecule has 0 unspecified atom stereocenters. The average molecular weight is 875 g/mol. The Bertz CT molecular complexity index is 3650. The van der Waals surface area contributed by atoms with Crippen molar-refractivity contribution in [1.82, 2.24) is 9.13 Å². The molecule has 0 N–H and O–H groups in total. The number of benzene rings is 7. The van der Waals surface area contributed by atoms with E-state index in [1.54, 1.807) is 0 Å². The summed E-state index contributed by atoms with van der Waals surface area (Å²) in [6.45, 7) is 38.1. The lowest BCUT2D eigenvalue weighted by atomic mass is 9.30. The molecule has 0 fully saturated rings. The van der Waals surface area contributed by atoms with E-state index in [4.69, 9.17) is 0 Å². The van der Waals surface area contributed by atoms with E-state index >= 15 is 0 Å². The highest BCUT2D eigenvalue weighted by molar-refractivity contribution is 6.99. The minimum Gasteiger partial charge on any atom is -0.310 e. The van der Waals surface area contributed by atoms with Crippen LogP contribution in [0.1, 0.15) is 155 Å². The lowest BCUT2D eigenvalue weighted by Crippen LogP contribution is -2.63. The molecule has 0 saturated heterocycles. The molecule has 0 saturated carbocycles. The molecular weight excluding hydrogens is 808 g/mol. The molecule has 2 aromatic heterocycles. The minimum atomic E-state index is -0.303. The third-order valence-corrected chi connectivity index (χ3v) is 16.8. The van der Waals surface area contributed by atoms with E-state index in [1.165, 1.54) is 127 Å². The minimum absolute atomic E-state index is 0.0248. The molecule has 67 heavy (non-hydrogen) atoms. The van der Waals surface area contributed by atoms with Crippen LogP contribution in [0.2, 0.25) is 0 Å². The Hall–Kier alpha value is -5.80. The first-order chi connectivity index (χ1) is 31.3. The molecule has 12 rings (SSSR count). The van der Waals surface area contributed by atoms with Crippen molar-refractivity contribution in [3.8, 4) is 22.5 Å². The fraction of sp³-hybridized carbons (Fsp3) is 0.344. The molecule has 4 heterocycles. The summed E-state index contributed by atoms with van der Waals surface area (Å²) in [5, 5.41) is 5.46. The molecule has 3 heteroatoms. The Morgan fingerprint density at radius 1 is 0.433 bits per heavy atom. The van der Waals surface area contributed by atoms with Gasteiger partial charge in [0.2, 0.25) is 6.71 Å². The maximum absolute atomic E-state index is 2.65. The van der Waals surface area contributed by atoms with Crippen LogP contribution >= 0.6 is 0 Å². The van der Waals surface area contributed by atoms with Crippen LogP contribution in [-0.4, -0.2) is 15.8 Å². The van der Waals surface area contributed by atoms with Crippen molar-refractivity contribution in [2.75, 3.05) is 0 Å². The van der Waals surface area contributed by atoms with Crippen LogP contribution in [0.25, 0.3) is 66.1 Å². The molecule has 9 aromatic rings. The normalized spacial score (nSPS) is 16.0. The van der Waals surface area contributed by atoms with Gasteiger partial charge in [-0.05, 0) is 125 Å². The van der Waals surface area contributed by atoms with E-state index in [0.29, 0.717) is 0 Å². The summed E-state index contributed by atoms with van der Waals surface area (Å²) in [5.41, 5.74) is 25.8. The van der Waals surface area contributed by atoms with Crippen molar-refractivity contribution < 1.29 is 0 Å². The summed E-state index contributed by atoms with van der Waals surface area (Å²) in [4.78, 5) is 0. The average Bonchev–Trinajstić information content (AvgIpc) is 3.85. The maximum Gasteiger partial charge on any atom is 0.247 e. The molecule has 0 radical (unpaired) electrons. The van der Waals surface area contributed by atoms with Gasteiger partial charge in [0.15, 0.2) is 0 Å². The summed E-state index contributed by atoms with van der Waals surface area (Å²) in [5.74, 6) is 0. The Balaban J connectivity index is 1.24. The largest absolute Gasteiger partial charge is 0.310 e. The van der Waals surface area contributed by atoms with Gasteiger partial charge < -0.3 is 9.13 Å². The summed E-state index contributed by atoms with van der Waals surface area (Å²) < 4.78 is 5.28. The first-order valence-electron chi connectivity index (χ1n) is 25.0. The number of hydrogen-bond donors (Lipinski definition) is 0. The second-order valence-corrected chi connectivity index (χ2v) is 25.9. The van der Waals surface area contributed by atoms with Crippen LogP contribution in [0.5, 0.6) is 0 Å². The van der Waals surface area contributed by atoms with Gasteiger partial charge in [-0.25, -0.2) is 0 Å². The van der Waals surface area contributed by atoms with Crippen LogP contribution in [0.3, 0.4) is 0 Å². The maximum atomic E-state index is 2.65. The van der Waals surface area contributed by atoms with E-state index in [-0.39, 0.29) is 39.2 Å². The summed E-state index contributed by atoms with van der Waals surface area (Å²) in [6.07, 6.45) is 0. The highest BCUT2D eigenvalue weighted by Gasteiger charge is 2.47. The monoisotopic (exact) mass is 875 g/mol. The van der Waals surface area contributed by atoms with E-state index in [1.807, 2.05) is 0 Å². The predicted octanol–water partition coefficient (Wildman–Crippen LogP) is 14.8. The predicted molar refractivity (Wildman–Crippen MR) is 291 cm³/mol. The number of aromatic nitrogens is 2. The summed E-state index contributed by atoms with van der Waals surface area (Å²) in [7, 11) is 0. The molecule has 3 aliphatic rings. The molecule has 0 atom stereocenters. The molecular formula is C64H67BN2. The Kier molecular flexibility index (Phi) is 8.28. The quantitative estimate of drug-likeness (QED) is 0.145. The first-order valence-corrected chi connectivity index (χ1v) is 25.0. The van der Waals surface area contributed by atoms with Crippen LogP contribution in [0, 0.1) is 0 Å². The van der Waals surface area contributed by atoms with Gasteiger partial charge in [-0.15, -0.1) is 0 Å². The smallest absolute Gasteiger partial charge is 0.247 e. The van der Waals surface area contributed by atoms with Gasteiger partial charge in [0.25, 0.3) is 0 Å². The van der Waals surface area contributed by atoms with Crippen molar-refractivity contribution in [1.29, 1.82) is 0 Å². The van der Waals surface area contributed by atoms with Gasteiger partial charge in [-0.2, -0.15) is 0 Å². The SMILES string of the molecule is CC(C)(C)c1ccc(-n2c3ccc4c(c3c3ccc5c(c32)-c2cc(C(C)(C)C)ccc2C5(C)C)C(C)(C)c2cccc3c2B4c2cc(C(C)(C)C)cc4c5cc(C(C)(C)C)ccc5n-3c24)cc1. The molecule has 2 nitrogen and oxygen atoms in total. The van der Waals surface area contributed by atoms with E-state index in [2.05, 4.69) is 235 Å². The van der Waals surface area contributed by atoms with Crippen molar-refractivity contribution in [2.45, 2.75) is 143 Å². The second-order valence-electron chi connectivity index (χ2n) is 25.9. The fourth-order valence-corrected chi connectivity index (χ4v) is 13.0. The molecule has 1 aliphatic carbocycles. The standard InChI is InChI=1S/C64H67BN2/c1-59(2,3)36-20-24-40(25-21-36)66-51-31-29-48-55(54(51)41-26-28-46-53(58(41)66)44-33-37(60(4,5)6)22-27-45(44)63(46,13)14)64(15,16)47-18-17-19-52-56(47)65(48)49-35-39(62(10,11)12)34-43-42-32-38(61(7,8)9)23-30-50(42)67(52)57(43)49/h17-35H,1-16H3. The number of nitrogens with zero attached hydrogens (tertiary/aromatic N) is 2. The van der Waals surface area contributed by atoms with E-state index in [0.717, 1.165) is 0 Å². The van der Waals surface area contributed by atoms with Crippen LogP contribution < -0.4 is 16.4 Å².